The van der Waals surface area contributed by atoms with Crippen LogP contribution in [0.1, 0.15) is 57.2 Å². The molecule has 1 fully saturated rings. The number of sulfone groups is 1. The third-order valence-electron chi connectivity index (χ3n) is 6.63. The lowest BCUT2D eigenvalue weighted by molar-refractivity contribution is -0.122. The van der Waals surface area contributed by atoms with Gasteiger partial charge in [0.25, 0.3) is 5.56 Å². The molecule has 2 aromatic heterocycles. The molecule has 0 N–H and O–H groups in total. The second-order valence-electron chi connectivity index (χ2n) is 8.91. The zero-order chi connectivity index (χ0) is 24.3. The van der Waals surface area contributed by atoms with E-state index in [4.69, 9.17) is 11.6 Å². The zero-order valence-electron chi connectivity index (χ0n) is 19.1. The number of hydrogen-bond donors (Lipinski definition) is 0. The average molecular weight is 502 g/mol. The van der Waals surface area contributed by atoms with E-state index in [1.807, 2.05) is 0 Å². The predicted molar refractivity (Wildman–Crippen MR) is 132 cm³/mol. The Bertz CT molecular complexity index is 1350. The van der Waals surface area contributed by atoms with Gasteiger partial charge in [-0.2, -0.15) is 0 Å². The van der Waals surface area contributed by atoms with Crippen LogP contribution in [-0.2, 0) is 21.1 Å². The molecule has 2 heterocycles. The first-order valence-electron chi connectivity index (χ1n) is 11.7. The third-order valence-corrected chi connectivity index (χ3v) is 8.58. The molecule has 0 saturated heterocycles. The molecule has 1 saturated carbocycles. The summed E-state index contributed by atoms with van der Waals surface area (Å²) in [4.78, 5) is 35.6. The van der Waals surface area contributed by atoms with Gasteiger partial charge in [-0.25, -0.2) is 13.4 Å². The minimum Gasteiger partial charge on any atom is -0.297 e. The van der Waals surface area contributed by atoms with Crippen molar-refractivity contribution in [1.82, 2.24) is 14.5 Å². The van der Waals surface area contributed by atoms with E-state index in [0.29, 0.717) is 34.0 Å². The van der Waals surface area contributed by atoms with Gasteiger partial charge in [-0.1, -0.05) is 50.6 Å². The molecule has 0 spiro atoms. The van der Waals surface area contributed by atoms with E-state index in [1.165, 1.54) is 41.7 Å². The second-order valence-corrected chi connectivity index (χ2v) is 11.6. The van der Waals surface area contributed by atoms with Crippen LogP contribution in [0, 0.1) is 5.92 Å². The third kappa shape index (κ3) is 5.39. The molecule has 0 bridgehead atoms. The van der Waals surface area contributed by atoms with Crippen LogP contribution in [0.2, 0.25) is 5.02 Å². The summed E-state index contributed by atoms with van der Waals surface area (Å²) in [6, 6.07) is 7.10. The summed E-state index contributed by atoms with van der Waals surface area (Å²) in [6.45, 7) is 1.57. The highest BCUT2D eigenvalue weighted by atomic mass is 35.5. The van der Waals surface area contributed by atoms with Gasteiger partial charge < -0.3 is 0 Å². The summed E-state index contributed by atoms with van der Waals surface area (Å²) in [6.07, 6.45) is 9.08. The van der Waals surface area contributed by atoms with Crippen molar-refractivity contribution in [1.29, 1.82) is 0 Å². The number of carbonyl (C=O) groups is 1. The van der Waals surface area contributed by atoms with Crippen LogP contribution in [0.4, 0.5) is 0 Å². The molecule has 1 aromatic carbocycles. The maximum atomic E-state index is 13.4. The van der Waals surface area contributed by atoms with Gasteiger partial charge >= 0.3 is 0 Å². The predicted octanol–water partition coefficient (Wildman–Crippen LogP) is 4.56. The number of ketones is 1. The first-order chi connectivity index (χ1) is 16.3. The van der Waals surface area contributed by atoms with Crippen LogP contribution in [-0.4, -0.2) is 34.5 Å². The van der Waals surface area contributed by atoms with Crippen molar-refractivity contribution in [3.05, 3.63) is 63.9 Å². The minimum absolute atomic E-state index is 0.0354. The summed E-state index contributed by atoms with van der Waals surface area (Å²) in [7, 11) is -3.42. The highest BCUT2D eigenvalue weighted by Gasteiger charge is 2.28. The van der Waals surface area contributed by atoms with Gasteiger partial charge in [0.2, 0.25) is 0 Å². The number of halogens is 1. The summed E-state index contributed by atoms with van der Waals surface area (Å²) < 4.78 is 25.9. The second kappa shape index (κ2) is 10.4. The van der Waals surface area contributed by atoms with Gasteiger partial charge in [0.15, 0.2) is 15.6 Å². The Kier molecular flexibility index (Phi) is 7.48. The summed E-state index contributed by atoms with van der Waals surface area (Å²) in [5.74, 6) is 0.223. The molecule has 3 aromatic rings. The largest absolute Gasteiger partial charge is 0.297 e. The number of rotatable bonds is 8. The zero-order valence-corrected chi connectivity index (χ0v) is 20.7. The fraction of sp³-hybridized carbons (Fsp3) is 0.440. The number of Topliss-reactive ketones (excluding diaryl/α,β-unsaturated/α-hetero) is 1. The number of hydrogen-bond acceptors (Lipinski definition) is 6. The molecular weight excluding hydrogens is 474 g/mol. The topological polar surface area (TPSA) is 99.0 Å². The summed E-state index contributed by atoms with van der Waals surface area (Å²) >= 11 is 5.92. The lowest BCUT2D eigenvalue weighted by atomic mass is 9.83. The van der Waals surface area contributed by atoms with E-state index >= 15 is 0 Å². The standard InChI is InChI=1S/C25H28ClN3O4S/c1-2-34(32,33)20-10-11-21-22(14-20)28-16-29(25(21)31)23(12-17-6-4-3-5-7-17)24(30)13-19-9-8-18(26)15-27-19/h8-11,14-17,23H,2-7,12-13H2,1H3. The maximum Gasteiger partial charge on any atom is 0.261 e. The number of benzene rings is 1. The first-order valence-corrected chi connectivity index (χ1v) is 13.7. The fourth-order valence-corrected chi connectivity index (χ4v) is 5.65. The van der Waals surface area contributed by atoms with E-state index in [-0.39, 0.29) is 28.4 Å². The summed E-state index contributed by atoms with van der Waals surface area (Å²) in [5.41, 5.74) is 0.557. The molecule has 1 atom stereocenters. The van der Waals surface area contributed by atoms with Crippen molar-refractivity contribution in [3.8, 4) is 0 Å². The molecule has 180 valence electrons. The number of aromatic nitrogens is 3. The Morgan fingerprint density at radius 2 is 1.91 bits per heavy atom. The Labute approximate surface area is 204 Å². The van der Waals surface area contributed by atoms with Crippen LogP contribution < -0.4 is 5.56 Å². The highest BCUT2D eigenvalue weighted by molar-refractivity contribution is 7.91. The summed E-state index contributed by atoms with van der Waals surface area (Å²) in [5, 5.41) is 0.790. The molecule has 0 aliphatic heterocycles. The SMILES string of the molecule is CCS(=O)(=O)c1ccc2c(=O)n(C(CC3CCCCC3)C(=O)Cc3ccc(Cl)cn3)cnc2c1. The Morgan fingerprint density at radius 1 is 1.15 bits per heavy atom. The monoisotopic (exact) mass is 501 g/mol. The van der Waals surface area contributed by atoms with E-state index in [0.717, 1.165) is 25.7 Å². The molecular formula is C25H28ClN3O4S. The van der Waals surface area contributed by atoms with Crippen molar-refractivity contribution < 1.29 is 13.2 Å². The number of carbonyl (C=O) groups excluding carboxylic acids is 1. The van der Waals surface area contributed by atoms with Crippen LogP contribution in [0.5, 0.6) is 0 Å². The van der Waals surface area contributed by atoms with Crippen molar-refractivity contribution in [2.45, 2.75) is 62.8 Å². The van der Waals surface area contributed by atoms with Gasteiger partial charge in [-0.15, -0.1) is 0 Å². The molecule has 4 rings (SSSR count). The number of pyridine rings is 1. The molecule has 34 heavy (non-hydrogen) atoms. The van der Waals surface area contributed by atoms with E-state index in [2.05, 4.69) is 9.97 Å². The van der Waals surface area contributed by atoms with Gasteiger partial charge in [0.05, 0.1) is 45.4 Å². The normalized spacial score (nSPS) is 15.9. The van der Waals surface area contributed by atoms with Gasteiger partial charge in [0.1, 0.15) is 0 Å². The molecule has 1 aliphatic rings. The van der Waals surface area contributed by atoms with Crippen molar-refractivity contribution in [2.75, 3.05) is 5.75 Å². The molecule has 7 nitrogen and oxygen atoms in total. The maximum absolute atomic E-state index is 13.4. The van der Waals surface area contributed by atoms with E-state index < -0.39 is 15.9 Å². The van der Waals surface area contributed by atoms with Crippen LogP contribution >= 0.6 is 11.6 Å². The molecule has 1 unspecified atom stereocenters. The van der Waals surface area contributed by atoms with Crippen LogP contribution in [0.25, 0.3) is 10.9 Å². The van der Waals surface area contributed by atoms with Crippen LogP contribution in [0.15, 0.2) is 52.5 Å². The minimum atomic E-state index is -3.42. The Morgan fingerprint density at radius 3 is 2.59 bits per heavy atom. The van der Waals surface area contributed by atoms with Crippen molar-refractivity contribution in [2.24, 2.45) is 5.92 Å². The lowest BCUT2D eigenvalue weighted by Gasteiger charge is -2.27. The number of fused-ring (bicyclic) bond motifs is 1. The van der Waals surface area contributed by atoms with E-state index in [9.17, 15) is 18.0 Å². The molecule has 9 heteroatoms. The molecule has 0 radical (unpaired) electrons. The van der Waals surface area contributed by atoms with E-state index in [1.54, 1.807) is 19.1 Å². The number of nitrogens with zero attached hydrogens (tertiary/aromatic N) is 3. The van der Waals surface area contributed by atoms with Crippen molar-refractivity contribution >= 4 is 38.1 Å². The van der Waals surface area contributed by atoms with Gasteiger partial charge in [-0.05, 0) is 42.7 Å². The van der Waals surface area contributed by atoms with Gasteiger partial charge in [0, 0.05) is 11.9 Å². The quantitative estimate of drug-likeness (QED) is 0.448. The Hall–Kier alpha value is -2.58. The van der Waals surface area contributed by atoms with Crippen molar-refractivity contribution in [3.63, 3.8) is 0 Å². The highest BCUT2D eigenvalue weighted by Crippen LogP contribution is 2.31. The average Bonchev–Trinajstić information content (AvgIpc) is 2.85. The smallest absolute Gasteiger partial charge is 0.261 e. The first kappa shape index (κ1) is 24.5. The Balaban J connectivity index is 1.71. The van der Waals surface area contributed by atoms with Gasteiger partial charge in [-0.3, -0.25) is 19.1 Å². The molecule has 0 amide bonds. The fourth-order valence-electron chi connectivity index (χ4n) is 4.64. The van der Waals surface area contributed by atoms with Crippen LogP contribution in [0.3, 0.4) is 0 Å². The molecule has 1 aliphatic carbocycles. The lowest BCUT2D eigenvalue weighted by Crippen LogP contribution is -2.33.